The topological polar surface area (TPSA) is 155 Å². The van der Waals surface area contributed by atoms with Crippen LogP contribution in [0, 0.1) is 0 Å². The van der Waals surface area contributed by atoms with Gasteiger partial charge in [0.25, 0.3) is 0 Å². The van der Waals surface area contributed by atoms with Crippen LogP contribution in [0.25, 0.3) is 55.5 Å². The SMILES string of the molecule is c1nc(-c2c(-c3cnsn3)c(-c3nncs3)c(-c3cnon3)c3nonc23)ns1. The molecule has 0 spiro atoms. The highest BCUT2D eigenvalue weighted by Crippen LogP contribution is 2.48. The molecule has 0 fully saturated rings. The van der Waals surface area contributed by atoms with Gasteiger partial charge in [-0.2, -0.15) is 13.1 Å². The first kappa shape index (κ1) is 16.4. The van der Waals surface area contributed by atoms with Crippen molar-refractivity contribution in [3.8, 4) is 44.5 Å². The zero-order valence-electron chi connectivity index (χ0n) is 13.8. The molecule has 29 heavy (non-hydrogen) atoms. The van der Waals surface area contributed by atoms with Crippen LogP contribution in [0.15, 0.2) is 32.7 Å². The second-order valence-corrected chi connectivity index (χ2v) is 7.54. The van der Waals surface area contributed by atoms with Gasteiger partial charge in [0.1, 0.15) is 38.4 Å². The lowest BCUT2D eigenvalue weighted by atomic mass is 9.90. The normalized spacial score (nSPS) is 11.4. The van der Waals surface area contributed by atoms with Crippen LogP contribution in [0.3, 0.4) is 0 Å². The molecule has 15 heteroatoms. The summed E-state index contributed by atoms with van der Waals surface area (Å²) in [5, 5.41) is 24.8. The fourth-order valence-corrected chi connectivity index (χ4v) is 4.52. The van der Waals surface area contributed by atoms with Gasteiger partial charge in [0, 0.05) is 16.7 Å². The van der Waals surface area contributed by atoms with E-state index in [0.717, 1.165) is 11.7 Å². The third kappa shape index (κ3) is 2.48. The number of benzene rings is 1. The predicted octanol–water partition coefficient (Wildman–Crippen LogP) is 2.83. The van der Waals surface area contributed by atoms with Crippen molar-refractivity contribution in [2.75, 3.05) is 0 Å². The number of nitrogens with zero attached hydrogens (tertiary/aromatic N) is 10. The van der Waals surface area contributed by atoms with Crippen LogP contribution in [0.5, 0.6) is 0 Å². The smallest absolute Gasteiger partial charge is 0.175 e. The van der Waals surface area contributed by atoms with E-state index >= 15 is 0 Å². The maximum atomic E-state index is 5.09. The second-order valence-electron chi connectivity index (χ2n) is 5.55. The van der Waals surface area contributed by atoms with E-state index in [4.69, 9.17) is 9.26 Å². The molecule has 0 N–H and O–H groups in total. The van der Waals surface area contributed by atoms with Crippen molar-refractivity contribution in [1.82, 2.24) is 48.9 Å². The van der Waals surface area contributed by atoms with Crippen molar-refractivity contribution in [1.29, 1.82) is 0 Å². The van der Waals surface area contributed by atoms with Crippen molar-refractivity contribution in [3.63, 3.8) is 0 Å². The lowest BCUT2D eigenvalue weighted by Gasteiger charge is -2.13. The second kappa shape index (κ2) is 6.50. The highest BCUT2D eigenvalue weighted by Gasteiger charge is 2.31. The lowest BCUT2D eigenvalue weighted by molar-refractivity contribution is 0.308. The van der Waals surface area contributed by atoms with E-state index in [0.29, 0.717) is 55.5 Å². The maximum Gasteiger partial charge on any atom is 0.175 e. The summed E-state index contributed by atoms with van der Waals surface area (Å²) in [6, 6.07) is 0. The minimum Gasteiger partial charge on any atom is -0.244 e. The molecule has 0 saturated heterocycles. The van der Waals surface area contributed by atoms with Crippen LogP contribution in [0.4, 0.5) is 0 Å². The summed E-state index contributed by atoms with van der Waals surface area (Å²) in [5.74, 6) is 0.467. The predicted molar refractivity (Wildman–Crippen MR) is 102 cm³/mol. The van der Waals surface area contributed by atoms with Gasteiger partial charge in [0.15, 0.2) is 5.82 Å². The minimum atomic E-state index is 0.443. The highest BCUT2D eigenvalue weighted by molar-refractivity contribution is 7.12. The van der Waals surface area contributed by atoms with Crippen LogP contribution < -0.4 is 0 Å². The number of aromatic nitrogens is 10. The van der Waals surface area contributed by atoms with Gasteiger partial charge < -0.3 is 0 Å². The van der Waals surface area contributed by atoms with Gasteiger partial charge in [-0.3, -0.25) is 0 Å². The molecule has 0 aliphatic heterocycles. The van der Waals surface area contributed by atoms with E-state index in [-0.39, 0.29) is 0 Å². The van der Waals surface area contributed by atoms with Crippen molar-refractivity contribution in [2.45, 2.75) is 0 Å². The fourth-order valence-electron chi connectivity index (χ4n) is 3.05. The zero-order chi connectivity index (χ0) is 19.2. The van der Waals surface area contributed by atoms with Gasteiger partial charge in [-0.05, 0) is 27.0 Å². The Kier molecular flexibility index (Phi) is 3.68. The molecule has 1 aromatic carbocycles. The van der Waals surface area contributed by atoms with E-state index in [2.05, 4.69) is 48.9 Å². The van der Waals surface area contributed by atoms with Gasteiger partial charge in [-0.1, -0.05) is 16.5 Å². The van der Waals surface area contributed by atoms with Crippen molar-refractivity contribution < 1.29 is 9.26 Å². The number of fused-ring (bicyclic) bond motifs is 1. The molecule has 140 valence electrons. The maximum absolute atomic E-state index is 5.09. The molecule has 5 aromatic heterocycles. The van der Waals surface area contributed by atoms with Gasteiger partial charge in [-0.25, -0.2) is 14.2 Å². The Labute approximate surface area is 171 Å². The van der Waals surface area contributed by atoms with E-state index in [1.165, 1.54) is 29.1 Å². The molecule has 0 radical (unpaired) electrons. The van der Waals surface area contributed by atoms with Gasteiger partial charge in [0.2, 0.25) is 0 Å². The molecule has 0 aliphatic carbocycles. The molecule has 6 rings (SSSR count). The summed E-state index contributed by atoms with van der Waals surface area (Å²) in [6.07, 6.45) is 3.14. The molecular weight excluding hydrogens is 436 g/mol. The molecule has 0 aliphatic rings. The Balaban J connectivity index is 1.88. The highest BCUT2D eigenvalue weighted by atomic mass is 32.1. The van der Waals surface area contributed by atoms with E-state index in [9.17, 15) is 0 Å². The van der Waals surface area contributed by atoms with E-state index < -0.39 is 0 Å². The fraction of sp³-hybridized carbons (Fsp3) is 0. The monoisotopic (exact) mass is 440 g/mol. The molecular formula is C14H4N10O2S3. The first-order valence-corrected chi connectivity index (χ1v) is 10.3. The summed E-state index contributed by atoms with van der Waals surface area (Å²) >= 11 is 3.65. The lowest BCUT2D eigenvalue weighted by Crippen LogP contribution is -1.98. The molecule has 6 aromatic rings. The summed E-state index contributed by atoms with van der Waals surface area (Å²) in [5.41, 5.74) is 7.76. The molecule has 5 heterocycles. The third-order valence-electron chi connectivity index (χ3n) is 4.11. The summed E-state index contributed by atoms with van der Waals surface area (Å²) in [6.45, 7) is 0. The molecule has 0 bridgehead atoms. The first-order valence-electron chi connectivity index (χ1n) is 7.83. The molecule has 0 saturated carbocycles. The van der Waals surface area contributed by atoms with Crippen LogP contribution in [0.2, 0.25) is 0 Å². The molecule has 0 atom stereocenters. The van der Waals surface area contributed by atoms with Crippen LogP contribution in [0.1, 0.15) is 0 Å². The van der Waals surface area contributed by atoms with Gasteiger partial charge >= 0.3 is 0 Å². The Morgan fingerprint density at radius 3 is 2.41 bits per heavy atom. The summed E-state index contributed by atoms with van der Waals surface area (Å²) < 4.78 is 22.9. The van der Waals surface area contributed by atoms with Crippen LogP contribution >= 0.6 is 34.6 Å². The standard InChI is InChI=1S/C14H4N10O2S3/c1-5(20-25-17-1)8-9(14-19-16-4-27-14)7(6-2-18-29-23-6)10(13-15-3-28-24-13)12-11(8)21-26-22-12/h1-4H. The molecule has 0 unspecified atom stereocenters. The van der Waals surface area contributed by atoms with Gasteiger partial charge in [0.05, 0.1) is 29.7 Å². The van der Waals surface area contributed by atoms with Gasteiger partial charge in [-0.15, -0.1) is 10.2 Å². The minimum absolute atomic E-state index is 0.443. The van der Waals surface area contributed by atoms with E-state index in [1.54, 1.807) is 17.2 Å². The average Bonchev–Trinajstić information content (AvgIpc) is 3.58. The van der Waals surface area contributed by atoms with Crippen molar-refractivity contribution in [2.24, 2.45) is 0 Å². The summed E-state index contributed by atoms with van der Waals surface area (Å²) in [4.78, 5) is 4.38. The molecule has 0 amide bonds. The number of hydrogen-bond donors (Lipinski definition) is 0. The average molecular weight is 440 g/mol. The Bertz CT molecular complexity index is 1290. The van der Waals surface area contributed by atoms with E-state index in [1.807, 2.05) is 0 Å². The molecule has 12 nitrogen and oxygen atoms in total. The first-order chi connectivity index (χ1) is 14.4. The quantitative estimate of drug-likeness (QED) is 0.395. The number of hydrogen-bond acceptors (Lipinski definition) is 15. The zero-order valence-corrected chi connectivity index (χ0v) is 16.3. The van der Waals surface area contributed by atoms with Crippen LogP contribution in [-0.2, 0) is 0 Å². The Morgan fingerprint density at radius 1 is 0.793 bits per heavy atom. The number of rotatable bonds is 4. The van der Waals surface area contributed by atoms with Crippen molar-refractivity contribution in [3.05, 3.63) is 23.4 Å². The van der Waals surface area contributed by atoms with Crippen molar-refractivity contribution >= 4 is 45.6 Å². The van der Waals surface area contributed by atoms with Crippen LogP contribution in [-0.4, -0.2) is 48.9 Å². The largest absolute Gasteiger partial charge is 0.244 e. The summed E-state index contributed by atoms with van der Waals surface area (Å²) in [7, 11) is 0. The third-order valence-corrected chi connectivity index (χ3v) is 5.77. The Morgan fingerprint density at radius 2 is 1.72 bits per heavy atom. The Hall–Kier alpha value is -3.56.